The van der Waals surface area contributed by atoms with Gasteiger partial charge in [-0.05, 0) is 31.2 Å². The molecule has 0 saturated carbocycles. The zero-order valence-electron chi connectivity index (χ0n) is 13.7. The molecule has 0 spiro atoms. The molecular formula is C17H14FN3O5. The highest BCUT2D eigenvalue weighted by Gasteiger charge is 2.11. The first-order valence-corrected chi connectivity index (χ1v) is 7.61. The minimum absolute atomic E-state index is 0.217. The molecule has 1 N–H and O–H groups in total. The lowest BCUT2D eigenvalue weighted by atomic mass is 10.2. The second-order valence-electron chi connectivity index (χ2n) is 5.43. The molecule has 3 rings (SSSR count). The van der Waals surface area contributed by atoms with Crippen molar-refractivity contribution >= 4 is 17.5 Å². The number of carbonyl (C=O) groups excluding carboxylic acids is 2. The van der Waals surface area contributed by atoms with Gasteiger partial charge in [0.15, 0.2) is 5.65 Å². The van der Waals surface area contributed by atoms with Crippen LogP contribution in [0.25, 0.3) is 5.65 Å². The van der Waals surface area contributed by atoms with E-state index >= 15 is 0 Å². The van der Waals surface area contributed by atoms with Gasteiger partial charge in [0.2, 0.25) is 0 Å². The molecular weight excluding hydrogens is 345 g/mol. The number of hydrogen-bond donors (Lipinski definition) is 1. The van der Waals surface area contributed by atoms with Crippen molar-refractivity contribution in [2.45, 2.75) is 13.5 Å². The third-order valence-electron chi connectivity index (χ3n) is 3.40. The van der Waals surface area contributed by atoms with E-state index < -0.39 is 23.3 Å². The fraction of sp³-hybridized carbons (Fsp3) is 0.176. The lowest BCUT2D eigenvalue weighted by Gasteiger charge is -2.06. The van der Waals surface area contributed by atoms with Crippen molar-refractivity contribution in [3.8, 4) is 0 Å². The highest BCUT2D eigenvalue weighted by molar-refractivity contribution is 5.95. The van der Waals surface area contributed by atoms with Crippen molar-refractivity contribution in [1.29, 1.82) is 0 Å². The molecule has 1 aromatic carbocycles. The SMILES string of the molecule is Cc1cc2nc(COC(=O)CNC(=O)c3ccc(F)cc3)cc(=O)n2o1. The van der Waals surface area contributed by atoms with E-state index in [9.17, 15) is 18.8 Å². The quantitative estimate of drug-likeness (QED) is 0.687. The topological polar surface area (TPSA) is 103 Å². The Morgan fingerprint density at radius 3 is 2.73 bits per heavy atom. The van der Waals surface area contributed by atoms with Crippen LogP contribution in [0.5, 0.6) is 0 Å². The van der Waals surface area contributed by atoms with Gasteiger partial charge in [-0.2, -0.15) is 0 Å². The van der Waals surface area contributed by atoms with E-state index in [2.05, 4.69) is 10.3 Å². The molecule has 0 aliphatic carbocycles. The average Bonchev–Trinajstić information content (AvgIpc) is 2.99. The molecule has 0 aliphatic rings. The maximum absolute atomic E-state index is 12.8. The van der Waals surface area contributed by atoms with Crippen LogP contribution in [0.2, 0.25) is 0 Å². The number of aryl methyl sites for hydroxylation is 1. The fourth-order valence-electron chi connectivity index (χ4n) is 2.21. The van der Waals surface area contributed by atoms with Crippen LogP contribution in [0.1, 0.15) is 21.8 Å². The molecule has 2 aromatic heterocycles. The number of esters is 1. The van der Waals surface area contributed by atoms with Crippen LogP contribution in [0, 0.1) is 12.7 Å². The largest absolute Gasteiger partial charge is 0.458 e. The summed E-state index contributed by atoms with van der Waals surface area (Å²) in [7, 11) is 0. The third kappa shape index (κ3) is 3.94. The molecule has 0 radical (unpaired) electrons. The molecule has 8 nitrogen and oxygen atoms in total. The second kappa shape index (κ2) is 7.18. The Morgan fingerprint density at radius 1 is 1.27 bits per heavy atom. The van der Waals surface area contributed by atoms with Crippen LogP contribution in [0.3, 0.4) is 0 Å². The minimum atomic E-state index is -0.703. The van der Waals surface area contributed by atoms with Crippen molar-refractivity contribution < 1.29 is 23.2 Å². The molecule has 9 heteroatoms. The summed E-state index contributed by atoms with van der Waals surface area (Å²) in [6, 6.07) is 7.66. The normalized spacial score (nSPS) is 10.7. The molecule has 1 amide bonds. The highest BCUT2D eigenvalue weighted by Crippen LogP contribution is 2.06. The summed E-state index contributed by atoms with van der Waals surface area (Å²) in [5.74, 6) is -1.18. The van der Waals surface area contributed by atoms with Gasteiger partial charge in [0.25, 0.3) is 11.5 Å². The average molecular weight is 359 g/mol. The molecule has 0 saturated heterocycles. The number of hydrogen-bond acceptors (Lipinski definition) is 6. The van der Waals surface area contributed by atoms with E-state index in [-0.39, 0.29) is 24.4 Å². The third-order valence-corrected chi connectivity index (χ3v) is 3.40. The number of benzene rings is 1. The Hall–Kier alpha value is -3.49. The number of nitrogens with one attached hydrogen (secondary N) is 1. The molecule has 0 atom stereocenters. The molecule has 0 bridgehead atoms. The summed E-state index contributed by atoms with van der Waals surface area (Å²) < 4.78 is 24.0. The highest BCUT2D eigenvalue weighted by atomic mass is 19.1. The van der Waals surface area contributed by atoms with Crippen LogP contribution >= 0.6 is 0 Å². The van der Waals surface area contributed by atoms with Gasteiger partial charge in [0.1, 0.15) is 24.7 Å². The minimum Gasteiger partial charge on any atom is -0.458 e. The summed E-state index contributed by atoms with van der Waals surface area (Å²) in [4.78, 5) is 39.6. The first-order valence-electron chi connectivity index (χ1n) is 7.61. The molecule has 3 aromatic rings. The van der Waals surface area contributed by atoms with Crippen LogP contribution < -0.4 is 10.9 Å². The monoisotopic (exact) mass is 359 g/mol. The zero-order chi connectivity index (χ0) is 18.7. The van der Waals surface area contributed by atoms with Gasteiger partial charge in [-0.15, -0.1) is 4.57 Å². The van der Waals surface area contributed by atoms with Gasteiger partial charge >= 0.3 is 5.97 Å². The van der Waals surface area contributed by atoms with E-state index in [1.165, 1.54) is 18.2 Å². The molecule has 0 unspecified atom stereocenters. The van der Waals surface area contributed by atoms with Crippen LogP contribution in [0.4, 0.5) is 4.39 Å². The Kier molecular flexibility index (Phi) is 4.78. The van der Waals surface area contributed by atoms with Gasteiger partial charge in [0, 0.05) is 17.7 Å². The number of amides is 1. The van der Waals surface area contributed by atoms with Gasteiger partial charge in [-0.3, -0.25) is 14.4 Å². The van der Waals surface area contributed by atoms with Crippen LogP contribution in [-0.2, 0) is 16.1 Å². The first-order chi connectivity index (χ1) is 12.4. The van der Waals surface area contributed by atoms with E-state index in [1.54, 1.807) is 13.0 Å². The maximum Gasteiger partial charge on any atom is 0.325 e. The maximum atomic E-state index is 12.8. The van der Waals surface area contributed by atoms with Gasteiger partial charge in [-0.25, -0.2) is 9.37 Å². The molecule has 2 heterocycles. The molecule has 0 fully saturated rings. The second-order valence-corrected chi connectivity index (χ2v) is 5.43. The fourth-order valence-corrected chi connectivity index (χ4v) is 2.21. The van der Waals surface area contributed by atoms with Gasteiger partial charge in [0.05, 0.1) is 5.69 Å². The number of nitrogens with zero attached hydrogens (tertiary/aromatic N) is 2. The summed E-state index contributed by atoms with van der Waals surface area (Å²) in [6.07, 6.45) is 0. The number of rotatable bonds is 5. The van der Waals surface area contributed by atoms with E-state index in [1.807, 2.05) is 0 Å². The predicted octanol–water partition coefficient (Wildman–Crippen LogP) is 1.21. The smallest absolute Gasteiger partial charge is 0.325 e. The van der Waals surface area contributed by atoms with Gasteiger partial charge < -0.3 is 14.6 Å². The number of halogens is 1. The lowest BCUT2D eigenvalue weighted by molar-refractivity contribution is -0.143. The Balaban J connectivity index is 1.55. The Labute approximate surface area is 146 Å². The summed E-state index contributed by atoms with van der Waals surface area (Å²) in [5, 5.41) is 2.36. The number of fused-ring (bicyclic) bond motifs is 1. The van der Waals surface area contributed by atoms with Crippen molar-refractivity contribution in [2.75, 3.05) is 6.54 Å². The summed E-state index contributed by atoms with van der Waals surface area (Å²) >= 11 is 0. The van der Waals surface area contributed by atoms with Crippen molar-refractivity contribution in [1.82, 2.24) is 14.9 Å². The van der Waals surface area contributed by atoms with Crippen LogP contribution in [0.15, 0.2) is 45.7 Å². The van der Waals surface area contributed by atoms with Crippen molar-refractivity contribution in [2.24, 2.45) is 0 Å². The molecule has 26 heavy (non-hydrogen) atoms. The van der Waals surface area contributed by atoms with E-state index in [0.29, 0.717) is 11.4 Å². The van der Waals surface area contributed by atoms with E-state index in [0.717, 1.165) is 16.7 Å². The van der Waals surface area contributed by atoms with Crippen molar-refractivity contribution in [3.63, 3.8) is 0 Å². The molecule has 134 valence electrons. The number of ether oxygens (including phenoxy) is 1. The van der Waals surface area contributed by atoms with Crippen molar-refractivity contribution in [3.05, 3.63) is 69.6 Å². The molecule has 0 aliphatic heterocycles. The summed E-state index contributed by atoms with van der Waals surface area (Å²) in [5.41, 5.74) is 0.355. The summed E-state index contributed by atoms with van der Waals surface area (Å²) in [6.45, 7) is 1.08. The zero-order valence-corrected chi connectivity index (χ0v) is 13.7. The predicted molar refractivity (Wildman–Crippen MR) is 87.0 cm³/mol. The number of carbonyl (C=O) groups is 2. The lowest BCUT2D eigenvalue weighted by Crippen LogP contribution is -2.30. The standard InChI is InChI=1S/C17H14FN3O5/c1-10-6-14-20-13(7-15(22)21(14)26-10)9-25-16(23)8-19-17(24)11-2-4-12(18)5-3-11/h2-7H,8-9H2,1H3,(H,19,24). The Bertz CT molecular complexity index is 1020. The number of aromatic nitrogens is 2. The van der Waals surface area contributed by atoms with Gasteiger partial charge in [-0.1, -0.05) is 0 Å². The Morgan fingerprint density at radius 2 is 2.00 bits per heavy atom. The van der Waals surface area contributed by atoms with E-state index in [4.69, 9.17) is 9.26 Å². The van der Waals surface area contributed by atoms with Crippen LogP contribution in [-0.4, -0.2) is 28.0 Å². The first kappa shape index (κ1) is 17.3.